The molecule has 0 radical (unpaired) electrons. The number of rotatable bonds is 3. The summed E-state index contributed by atoms with van der Waals surface area (Å²) in [5.41, 5.74) is 0.769. The largest absolute Gasteiger partial charge is 0.385 e. The molecule has 1 N–H and O–H groups in total. The standard InChI is InChI=1S/C12H13FN2O2/c1-3-9(16)11-14-12(17-15-11)8-6-4-5-7(2)10(8)13/h4-6,9,16H,3H2,1-2H3. The highest BCUT2D eigenvalue weighted by molar-refractivity contribution is 5.55. The van der Waals surface area contributed by atoms with Crippen LogP contribution in [-0.2, 0) is 0 Å². The summed E-state index contributed by atoms with van der Waals surface area (Å²) in [7, 11) is 0. The van der Waals surface area contributed by atoms with Crippen molar-refractivity contribution in [3.8, 4) is 11.5 Å². The summed E-state index contributed by atoms with van der Waals surface area (Å²) in [6.07, 6.45) is -0.296. The van der Waals surface area contributed by atoms with Crippen molar-refractivity contribution in [3.05, 3.63) is 35.4 Å². The molecule has 0 aliphatic carbocycles. The predicted octanol–water partition coefficient (Wildman–Crippen LogP) is 2.63. The molecule has 2 rings (SSSR count). The number of benzene rings is 1. The van der Waals surface area contributed by atoms with Gasteiger partial charge in [0.05, 0.1) is 5.56 Å². The van der Waals surface area contributed by atoms with Gasteiger partial charge in [-0.3, -0.25) is 0 Å². The van der Waals surface area contributed by atoms with Crippen LogP contribution < -0.4 is 0 Å². The first-order chi connectivity index (χ1) is 8.13. The first kappa shape index (κ1) is 11.7. The molecule has 0 amide bonds. The molecule has 17 heavy (non-hydrogen) atoms. The van der Waals surface area contributed by atoms with Gasteiger partial charge in [-0.2, -0.15) is 4.98 Å². The molecule has 1 aromatic carbocycles. The maximum absolute atomic E-state index is 13.8. The molecule has 90 valence electrons. The fourth-order valence-electron chi connectivity index (χ4n) is 1.47. The van der Waals surface area contributed by atoms with E-state index in [1.54, 1.807) is 32.0 Å². The van der Waals surface area contributed by atoms with Crippen LogP contribution in [-0.4, -0.2) is 15.2 Å². The highest BCUT2D eigenvalue weighted by atomic mass is 19.1. The minimum Gasteiger partial charge on any atom is -0.385 e. The highest BCUT2D eigenvalue weighted by Crippen LogP contribution is 2.24. The van der Waals surface area contributed by atoms with Crippen LogP contribution in [0.2, 0.25) is 0 Å². The zero-order valence-electron chi connectivity index (χ0n) is 9.64. The summed E-state index contributed by atoms with van der Waals surface area (Å²) < 4.78 is 18.7. The van der Waals surface area contributed by atoms with E-state index >= 15 is 0 Å². The van der Waals surface area contributed by atoms with E-state index in [1.807, 2.05) is 0 Å². The Morgan fingerprint density at radius 3 is 2.94 bits per heavy atom. The molecule has 1 heterocycles. The Balaban J connectivity index is 2.40. The van der Waals surface area contributed by atoms with Gasteiger partial charge in [-0.15, -0.1) is 0 Å². The van der Waals surface area contributed by atoms with Gasteiger partial charge in [-0.05, 0) is 25.0 Å². The molecule has 0 aliphatic rings. The predicted molar refractivity (Wildman–Crippen MR) is 59.7 cm³/mol. The van der Waals surface area contributed by atoms with E-state index in [2.05, 4.69) is 10.1 Å². The summed E-state index contributed by atoms with van der Waals surface area (Å²) >= 11 is 0. The van der Waals surface area contributed by atoms with Gasteiger partial charge in [0.2, 0.25) is 5.82 Å². The number of aliphatic hydroxyl groups excluding tert-OH is 1. The van der Waals surface area contributed by atoms with E-state index < -0.39 is 6.10 Å². The monoisotopic (exact) mass is 236 g/mol. The zero-order chi connectivity index (χ0) is 12.4. The Morgan fingerprint density at radius 1 is 1.47 bits per heavy atom. The molecule has 2 aromatic rings. The lowest BCUT2D eigenvalue weighted by atomic mass is 10.1. The maximum atomic E-state index is 13.8. The third-order valence-corrected chi connectivity index (χ3v) is 2.55. The highest BCUT2D eigenvalue weighted by Gasteiger charge is 2.17. The lowest BCUT2D eigenvalue weighted by Crippen LogP contribution is -1.97. The summed E-state index contributed by atoms with van der Waals surface area (Å²) in [6, 6.07) is 4.95. The smallest absolute Gasteiger partial charge is 0.261 e. The molecular weight excluding hydrogens is 223 g/mol. The third kappa shape index (κ3) is 2.19. The third-order valence-electron chi connectivity index (χ3n) is 2.55. The van der Waals surface area contributed by atoms with E-state index in [-0.39, 0.29) is 23.1 Å². The maximum Gasteiger partial charge on any atom is 0.261 e. The van der Waals surface area contributed by atoms with Crippen molar-refractivity contribution in [1.29, 1.82) is 0 Å². The van der Waals surface area contributed by atoms with Crippen LogP contribution in [0.3, 0.4) is 0 Å². The molecule has 0 aliphatic heterocycles. The van der Waals surface area contributed by atoms with Crippen LogP contribution in [0.5, 0.6) is 0 Å². The first-order valence-electron chi connectivity index (χ1n) is 5.40. The molecular formula is C12H13FN2O2. The fraction of sp³-hybridized carbons (Fsp3) is 0.333. The van der Waals surface area contributed by atoms with Crippen molar-refractivity contribution in [2.75, 3.05) is 0 Å². The fourth-order valence-corrected chi connectivity index (χ4v) is 1.47. The number of aromatic nitrogens is 2. The SMILES string of the molecule is CCC(O)c1noc(-c2cccc(C)c2F)n1. The molecule has 0 fully saturated rings. The molecule has 0 saturated heterocycles. The lowest BCUT2D eigenvalue weighted by Gasteiger charge is -2.00. The topological polar surface area (TPSA) is 59.2 Å². The second-order valence-corrected chi connectivity index (χ2v) is 3.82. The molecule has 1 aromatic heterocycles. The number of aliphatic hydroxyl groups is 1. The summed E-state index contributed by atoms with van der Waals surface area (Å²) in [6.45, 7) is 3.46. The number of hydrogen-bond donors (Lipinski definition) is 1. The van der Waals surface area contributed by atoms with E-state index in [0.717, 1.165) is 0 Å². The van der Waals surface area contributed by atoms with E-state index in [9.17, 15) is 9.50 Å². The number of hydrogen-bond acceptors (Lipinski definition) is 4. The molecule has 0 spiro atoms. The van der Waals surface area contributed by atoms with Gasteiger partial charge < -0.3 is 9.63 Å². The van der Waals surface area contributed by atoms with Gasteiger partial charge in [0.25, 0.3) is 5.89 Å². The van der Waals surface area contributed by atoms with Gasteiger partial charge in [0, 0.05) is 0 Å². The van der Waals surface area contributed by atoms with E-state index in [1.165, 1.54) is 0 Å². The molecule has 4 nitrogen and oxygen atoms in total. The van der Waals surface area contributed by atoms with Crippen LogP contribution in [0, 0.1) is 12.7 Å². The molecule has 1 unspecified atom stereocenters. The number of halogens is 1. The summed E-state index contributed by atoms with van der Waals surface area (Å²) in [5, 5.41) is 13.2. The second kappa shape index (κ2) is 4.63. The van der Waals surface area contributed by atoms with Crippen molar-refractivity contribution < 1.29 is 14.0 Å². The van der Waals surface area contributed by atoms with Crippen LogP contribution in [0.15, 0.2) is 22.7 Å². The Hall–Kier alpha value is -1.75. The van der Waals surface area contributed by atoms with Gasteiger partial charge in [-0.25, -0.2) is 4.39 Å². The first-order valence-corrected chi connectivity index (χ1v) is 5.40. The number of nitrogens with zero attached hydrogens (tertiary/aromatic N) is 2. The van der Waals surface area contributed by atoms with Crippen molar-refractivity contribution in [1.82, 2.24) is 10.1 Å². The average Bonchev–Trinajstić information content (AvgIpc) is 2.81. The minimum absolute atomic E-state index is 0.0914. The van der Waals surface area contributed by atoms with Crippen molar-refractivity contribution >= 4 is 0 Å². The van der Waals surface area contributed by atoms with Gasteiger partial charge >= 0.3 is 0 Å². The molecule has 0 saturated carbocycles. The average molecular weight is 236 g/mol. The number of aryl methyl sites for hydroxylation is 1. The summed E-state index contributed by atoms with van der Waals surface area (Å²) in [5.74, 6) is -0.106. The summed E-state index contributed by atoms with van der Waals surface area (Å²) in [4.78, 5) is 3.99. The Bertz CT molecular complexity index is 525. The van der Waals surface area contributed by atoms with Crippen LogP contribution in [0.1, 0.15) is 30.8 Å². The molecule has 5 heteroatoms. The van der Waals surface area contributed by atoms with Crippen LogP contribution in [0.4, 0.5) is 4.39 Å². The van der Waals surface area contributed by atoms with E-state index in [0.29, 0.717) is 12.0 Å². The Morgan fingerprint density at radius 2 is 2.24 bits per heavy atom. The zero-order valence-corrected chi connectivity index (χ0v) is 9.64. The van der Waals surface area contributed by atoms with Crippen molar-refractivity contribution in [2.24, 2.45) is 0 Å². The Labute approximate surface area is 98.1 Å². The molecule has 1 atom stereocenters. The lowest BCUT2D eigenvalue weighted by molar-refractivity contribution is 0.159. The van der Waals surface area contributed by atoms with Crippen molar-refractivity contribution in [2.45, 2.75) is 26.4 Å². The van der Waals surface area contributed by atoms with Gasteiger partial charge in [0.1, 0.15) is 11.9 Å². The van der Waals surface area contributed by atoms with Crippen LogP contribution in [0.25, 0.3) is 11.5 Å². The second-order valence-electron chi connectivity index (χ2n) is 3.82. The van der Waals surface area contributed by atoms with Gasteiger partial charge in [-0.1, -0.05) is 24.2 Å². The quantitative estimate of drug-likeness (QED) is 0.889. The van der Waals surface area contributed by atoms with Gasteiger partial charge in [0.15, 0.2) is 0 Å². The van der Waals surface area contributed by atoms with Crippen molar-refractivity contribution in [3.63, 3.8) is 0 Å². The normalized spacial score (nSPS) is 12.7. The minimum atomic E-state index is -0.777. The van der Waals surface area contributed by atoms with E-state index in [4.69, 9.17) is 4.52 Å². The Kier molecular flexibility index (Phi) is 3.19. The van der Waals surface area contributed by atoms with Crippen LogP contribution >= 0.6 is 0 Å². The molecule has 0 bridgehead atoms.